The first-order valence-corrected chi connectivity index (χ1v) is 9.11. The molecule has 10 heteroatoms. The maximum absolute atomic E-state index is 13.4. The summed E-state index contributed by atoms with van der Waals surface area (Å²) < 4.78 is 47.0. The van der Waals surface area contributed by atoms with Gasteiger partial charge in [0, 0.05) is 18.7 Å². The Hall–Kier alpha value is -1.74. The number of thiophene rings is 1. The molecule has 3 heterocycles. The van der Waals surface area contributed by atoms with Crippen LogP contribution in [-0.4, -0.2) is 32.7 Å². The fourth-order valence-corrected chi connectivity index (χ4v) is 3.67. The van der Waals surface area contributed by atoms with Crippen LogP contribution in [0, 0.1) is 0 Å². The van der Waals surface area contributed by atoms with Crippen LogP contribution < -0.4 is 0 Å². The van der Waals surface area contributed by atoms with Gasteiger partial charge in [-0.1, -0.05) is 11.6 Å². The van der Waals surface area contributed by atoms with Crippen LogP contribution in [0.3, 0.4) is 0 Å². The molecule has 5 nitrogen and oxygen atoms in total. The maximum Gasteiger partial charge on any atom is 0.449 e. The Morgan fingerprint density at radius 2 is 2.00 bits per heavy atom. The number of alkyl halides is 3. The summed E-state index contributed by atoms with van der Waals surface area (Å²) in [4.78, 5) is 17.5. The summed E-state index contributed by atoms with van der Waals surface area (Å²) in [6, 6.07) is 1.63. The first-order valence-electron chi connectivity index (χ1n) is 7.85. The SMILES string of the molecule is CC(C)(C)OC(=O)N1CCn2c(C(F)(F)F)nc(-c3ccsc3Cl)c2C1. The van der Waals surface area contributed by atoms with Gasteiger partial charge in [0.15, 0.2) is 0 Å². The zero-order chi connectivity index (χ0) is 19.3. The van der Waals surface area contributed by atoms with Crippen LogP contribution in [0.1, 0.15) is 32.3 Å². The molecule has 0 N–H and O–H groups in total. The molecule has 1 aliphatic heterocycles. The molecule has 26 heavy (non-hydrogen) atoms. The van der Waals surface area contributed by atoms with Crippen molar-refractivity contribution in [2.45, 2.75) is 45.6 Å². The lowest BCUT2D eigenvalue weighted by atomic mass is 10.1. The molecule has 1 aliphatic rings. The van der Waals surface area contributed by atoms with Crippen molar-refractivity contribution in [3.05, 3.63) is 27.3 Å². The van der Waals surface area contributed by atoms with Crippen LogP contribution in [0.15, 0.2) is 11.4 Å². The maximum atomic E-state index is 13.4. The van der Waals surface area contributed by atoms with Gasteiger partial charge < -0.3 is 14.2 Å². The van der Waals surface area contributed by atoms with E-state index < -0.39 is 23.7 Å². The van der Waals surface area contributed by atoms with E-state index in [0.29, 0.717) is 15.6 Å². The van der Waals surface area contributed by atoms with E-state index in [9.17, 15) is 18.0 Å². The van der Waals surface area contributed by atoms with Gasteiger partial charge in [0.05, 0.1) is 17.9 Å². The summed E-state index contributed by atoms with van der Waals surface area (Å²) in [5, 5.41) is 1.69. The number of aromatic nitrogens is 2. The third-order valence-electron chi connectivity index (χ3n) is 3.79. The molecule has 0 saturated heterocycles. The number of hydrogen-bond acceptors (Lipinski definition) is 4. The van der Waals surface area contributed by atoms with Crippen molar-refractivity contribution >= 4 is 29.0 Å². The Labute approximate surface area is 157 Å². The van der Waals surface area contributed by atoms with E-state index in [1.54, 1.807) is 32.2 Å². The predicted octanol–water partition coefficient (Wildman–Crippen LogP) is 5.03. The van der Waals surface area contributed by atoms with Gasteiger partial charge in [0.1, 0.15) is 9.94 Å². The van der Waals surface area contributed by atoms with Gasteiger partial charge in [0.2, 0.25) is 5.82 Å². The summed E-state index contributed by atoms with van der Waals surface area (Å²) in [6.07, 6.45) is -5.16. The van der Waals surface area contributed by atoms with Crippen molar-refractivity contribution in [3.63, 3.8) is 0 Å². The van der Waals surface area contributed by atoms with E-state index >= 15 is 0 Å². The van der Waals surface area contributed by atoms with Gasteiger partial charge in [0.25, 0.3) is 0 Å². The van der Waals surface area contributed by atoms with Gasteiger partial charge in [-0.2, -0.15) is 13.2 Å². The third kappa shape index (κ3) is 3.68. The van der Waals surface area contributed by atoms with Crippen LogP contribution >= 0.6 is 22.9 Å². The van der Waals surface area contributed by atoms with Crippen molar-refractivity contribution in [3.8, 4) is 11.3 Å². The highest BCUT2D eigenvalue weighted by molar-refractivity contribution is 7.15. The number of amides is 1. The minimum Gasteiger partial charge on any atom is -0.444 e. The number of nitrogens with zero attached hydrogens (tertiary/aromatic N) is 3. The average Bonchev–Trinajstić information content (AvgIpc) is 3.07. The van der Waals surface area contributed by atoms with E-state index in [2.05, 4.69) is 4.98 Å². The first kappa shape index (κ1) is 19.0. The second-order valence-electron chi connectivity index (χ2n) is 6.89. The van der Waals surface area contributed by atoms with Gasteiger partial charge in [-0.05, 0) is 32.2 Å². The fourth-order valence-electron chi connectivity index (χ4n) is 2.75. The molecular weight excluding hydrogens is 391 g/mol. The van der Waals surface area contributed by atoms with Gasteiger partial charge in [-0.15, -0.1) is 11.3 Å². The molecule has 2 aromatic heterocycles. The summed E-state index contributed by atoms with van der Waals surface area (Å²) in [6.45, 7) is 5.27. The normalized spacial score (nSPS) is 15.1. The van der Waals surface area contributed by atoms with Crippen molar-refractivity contribution in [1.82, 2.24) is 14.5 Å². The van der Waals surface area contributed by atoms with Crippen molar-refractivity contribution < 1.29 is 22.7 Å². The quantitative estimate of drug-likeness (QED) is 0.665. The lowest BCUT2D eigenvalue weighted by Crippen LogP contribution is -2.42. The van der Waals surface area contributed by atoms with Crippen LogP contribution in [0.2, 0.25) is 4.34 Å². The van der Waals surface area contributed by atoms with Crippen molar-refractivity contribution in [2.24, 2.45) is 0 Å². The van der Waals surface area contributed by atoms with E-state index in [1.807, 2.05) is 0 Å². The Morgan fingerprint density at radius 1 is 1.31 bits per heavy atom. The Kier molecular flexibility index (Phi) is 4.72. The van der Waals surface area contributed by atoms with E-state index in [-0.39, 0.29) is 25.3 Å². The van der Waals surface area contributed by atoms with E-state index in [1.165, 1.54) is 16.2 Å². The molecule has 0 saturated carbocycles. The van der Waals surface area contributed by atoms with Crippen molar-refractivity contribution in [2.75, 3.05) is 6.54 Å². The largest absolute Gasteiger partial charge is 0.449 e. The third-order valence-corrected chi connectivity index (χ3v) is 4.95. The lowest BCUT2D eigenvalue weighted by Gasteiger charge is -2.31. The summed E-state index contributed by atoms with van der Waals surface area (Å²) in [7, 11) is 0. The highest BCUT2D eigenvalue weighted by atomic mass is 35.5. The summed E-state index contributed by atoms with van der Waals surface area (Å²) >= 11 is 7.32. The fraction of sp³-hybridized carbons (Fsp3) is 0.500. The molecule has 0 fully saturated rings. The minimum absolute atomic E-state index is 0.0157. The predicted molar refractivity (Wildman–Crippen MR) is 92.2 cm³/mol. The molecule has 0 spiro atoms. The topological polar surface area (TPSA) is 47.4 Å². The van der Waals surface area contributed by atoms with E-state index in [0.717, 1.165) is 4.57 Å². The number of rotatable bonds is 1. The molecule has 2 aromatic rings. The Morgan fingerprint density at radius 3 is 2.54 bits per heavy atom. The molecule has 0 radical (unpaired) electrons. The highest BCUT2D eigenvalue weighted by Crippen LogP contribution is 2.39. The standard InChI is InChI=1S/C16H17ClF3N3O2S/c1-15(2,3)25-14(24)22-5-6-23-10(8-22)11(9-4-7-26-12(9)17)21-13(23)16(18,19)20/h4,7H,5-6,8H2,1-3H3. The minimum atomic E-state index is -4.59. The first-order chi connectivity index (χ1) is 12.0. The van der Waals surface area contributed by atoms with Crippen molar-refractivity contribution in [1.29, 1.82) is 0 Å². The van der Waals surface area contributed by atoms with E-state index in [4.69, 9.17) is 16.3 Å². The number of hydrogen-bond donors (Lipinski definition) is 0. The zero-order valence-electron chi connectivity index (χ0n) is 14.4. The summed E-state index contributed by atoms with van der Waals surface area (Å²) in [5.41, 5.74) is 0.194. The Bertz CT molecular complexity index is 839. The number of fused-ring (bicyclic) bond motifs is 1. The highest BCUT2D eigenvalue weighted by Gasteiger charge is 2.41. The molecule has 0 atom stereocenters. The second kappa shape index (κ2) is 6.45. The molecule has 0 aromatic carbocycles. The molecule has 0 bridgehead atoms. The number of imidazole rings is 1. The molecule has 0 aliphatic carbocycles. The number of carbonyl (C=O) groups excluding carboxylic acids is 1. The summed E-state index contributed by atoms with van der Waals surface area (Å²) in [5.74, 6) is -0.978. The van der Waals surface area contributed by atoms with Crippen LogP contribution in [0.4, 0.5) is 18.0 Å². The average molecular weight is 408 g/mol. The van der Waals surface area contributed by atoms with Gasteiger partial charge in [-0.3, -0.25) is 0 Å². The van der Waals surface area contributed by atoms with Gasteiger partial charge >= 0.3 is 12.3 Å². The van der Waals surface area contributed by atoms with Crippen LogP contribution in [0.25, 0.3) is 11.3 Å². The molecular formula is C16H17ClF3N3O2S. The van der Waals surface area contributed by atoms with Gasteiger partial charge in [-0.25, -0.2) is 9.78 Å². The molecule has 3 rings (SSSR count). The molecule has 0 unspecified atom stereocenters. The lowest BCUT2D eigenvalue weighted by molar-refractivity contribution is -0.147. The number of halogens is 4. The second-order valence-corrected chi connectivity index (χ2v) is 8.41. The number of ether oxygens (including phenoxy) is 1. The van der Waals surface area contributed by atoms with Crippen LogP contribution in [-0.2, 0) is 24.0 Å². The number of carbonyl (C=O) groups is 1. The molecule has 142 valence electrons. The zero-order valence-corrected chi connectivity index (χ0v) is 15.9. The molecule has 1 amide bonds. The Balaban J connectivity index is 2.02. The smallest absolute Gasteiger partial charge is 0.444 e. The monoisotopic (exact) mass is 407 g/mol. The van der Waals surface area contributed by atoms with Crippen LogP contribution in [0.5, 0.6) is 0 Å².